The highest BCUT2D eigenvalue weighted by atomic mass is 32.1. The van der Waals surface area contributed by atoms with Crippen molar-refractivity contribution in [3.05, 3.63) is 76.2 Å². The van der Waals surface area contributed by atoms with Crippen molar-refractivity contribution < 1.29 is 18.7 Å². The van der Waals surface area contributed by atoms with E-state index in [0.29, 0.717) is 12.1 Å². The fourth-order valence-corrected chi connectivity index (χ4v) is 3.89. The van der Waals surface area contributed by atoms with Gasteiger partial charge in [-0.15, -0.1) is 11.3 Å². The maximum Gasteiger partial charge on any atom is 0.341 e. The summed E-state index contributed by atoms with van der Waals surface area (Å²) in [6.07, 6.45) is 0. The van der Waals surface area contributed by atoms with E-state index in [1.54, 1.807) is 25.2 Å². The molecule has 0 spiro atoms. The van der Waals surface area contributed by atoms with Crippen LogP contribution < -0.4 is 0 Å². The second kappa shape index (κ2) is 8.39. The second-order valence-electron chi connectivity index (χ2n) is 6.54. The van der Waals surface area contributed by atoms with E-state index in [4.69, 9.17) is 4.74 Å². The highest BCUT2D eigenvalue weighted by Gasteiger charge is 2.20. The lowest BCUT2D eigenvalue weighted by Crippen LogP contribution is -2.30. The van der Waals surface area contributed by atoms with E-state index in [9.17, 15) is 14.0 Å². The first-order valence-corrected chi connectivity index (χ1v) is 9.63. The van der Waals surface area contributed by atoms with E-state index in [1.807, 2.05) is 35.9 Å². The molecule has 28 heavy (non-hydrogen) atoms. The van der Waals surface area contributed by atoms with Crippen molar-refractivity contribution >= 4 is 23.2 Å². The quantitative estimate of drug-likeness (QED) is 0.585. The number of rotatable bonds is 6. The van der Waals surface area contributed by atoms with Gasteiger partial charge in [0.1, 0.15) is 10.8 Å². The summed E-state index contributed by atoms with van der Waals surface area (Å²) in [7, 11) is 1.61. The van der Waals surface area contributed by atoms with E-state index in [1.165, 1.54) is 28.4 Å². The largest absolute Gasteiger partial charge is 0.452 e. The van der Waals surface area contributed by atoms with Crippen LogP contribution in [-0.4, -0.2) is 35.0 Å². The summed E-state index contributed by atoms with van der Waals surface area (Å²) in [4.78, 5) is 26.2. The van der Waals surface area contributed by atoms with Gasteiger partial charge in [-0.3, -0.25) is 4.79 Å². The molecule has 0 saturated heterocycles. The summed E-state index contributed by atoms with van der Waals surface area (Å²) in [6, 6.07) is 11.6. The van der Waals surface area contributed by atoms with Crippen molar-refractivity contribution in [1.29, 1.82) is 0 Å². The number of esters is 1. The van der Waals surface area contributed by atoms with Gasteiger partial charge in [-0.1, -0.05) is 12.1 Å². The van der Waals surface area contributed by atoms with Crippen molar-refractivity contribution in [2.75, 3.05) is 13.7 Å². The molecule has 0 N–H and O–H groups in total. The molecule has 146 valence electrons. The van der Waals surface area contributed by atoms with Crippen LogP contribution in [0.5, 0.6) is 0 Å². The number of hydrogen-bond acceptors (Lipinski definition) is 4. The number of amides is 1. The molecule has 2 aromatic heterocycles. The Balaban J connectivity index is 1.62. The third-order valence-corrected chi connectivity index (χ3v) is 5.32. The Morgan fingerprint density at radius 1 is 1.07 bits per heavy atom. The third-order valence-electron chi connectivity index (χ3n) is 4.42. The molecule has 0 radical (unpaired) electrons. The summed E-state index contributed by atoms with van der Waals surface area (Å²) in [5.74, 6) is -1.19. The number of halogens is 1. The Bertz CT molecular complexity index is 972. The fourth-order valence-electron chi connectivity index (χ4n) is 2.89. The van der Waals surface area contributed by atoms with Crippen molar-refractivity contribution in [2.45, 2.75) is 20.4 Å². The van der Waals surface area contributed by atoms with Gasteiger partial charge in [0.15, 0.2) is 6.61 Å². The van der Waals surface area contributed by atoms with Gasteiger partial charge in [-0.2, -0.15) is 0 Å². The lowest BCUT2D eigenvalue weighted by atomic mass is 10.2. The fraction of sp³-hybridized carbons (Fsp3) is 0.238. The number of benzene rings is 1. The Morgan fingerprint density at radius 3 is 2.36 bits per heavy atom. The Morgan fingerprint density at radius 2 is 1.71 bits per heavy atom. The molecule has 5 nitrogen and oxygen atoms in total. The summed E-state index contributed by atoms with van der Waals surface area (Å²) >= 11 is 1.44. The maximum absolute atomic E-state index is 13.0. The van der Waals surface area contributed by atoms with E-state index in [-0.39, 0.29) is 18.3 Å². The maximum atomic E-state index is 13.0. The highest BCUT2D eigenvalue weighted by molar-refractivity contribution is 7.13. The average Bonchev–Trinajstić information content (AvgIpc) is 3.27. The summed E-state index contributed by atoms with van der Waals surface area (Å²) in [6.45, 7) is 3.89. The van der Waals surface area contributed by atoms with Crippen LogP contribution in [-0.2, 0) is 16.1 Å². The van der Waals surface area contributed by atoms with Crippen molar-refractivity contribution in [2.24, 2.45) is 0 Å². The minimum atomic E-state index is -0.535. The van der Waals surface area contributed by atoms with Gasteiger partial charge in [0.05, 0.1) is 5.56 Å². The molecule has 0 atom stereocenters. The first-order valence-electron chi connectivity index (χ1n) is 8.75. The molecule has 7 heteroatoms. The van der Waals surface area contributed by atoms with Crippen LogP contribution in [0.3, 0.4) is 0 Å². The number of carbonyl (C=O) groups excluding carboxylic acids is 2. The monoisotopic (exact) mass is 400 g/mol. The molecule has 0 unspecified atom stereocenters. The van der Waals surface area contributed by atoms with Crippen LogP contribution in [0.2, 0.25) is 0 Å². The molecule has 1 aromatic carbocycles. The van der Waals surface area contributed by atoms with Gasteiger partial charge in [-0.25, -0.2) is 9.18 Å². The molecule has 0 aliphatic rings. The molecule has 2 heterocycles. The molecule has 0 bridgehead atoms. The number of thiophene rings is 1. The zero-order chi connectivity index (χ0) is 20.3. The topological polar surface area (TPSA) is 51.5 Å². The molecule has 3 aromatic rings. The first kappa shape index (κ1) is 19.8. The SMILES string of the molecule is Cc1ccc(C)n1-c1sccc1C(=O)OCC(=O)N(C)Cc1ccc(F)cc1. The number of likely N-dealkylation sites (N-methyl/N-ethyl adjacent to an activating group) is 1. The number of hydrogen-bond donors (Lipinski definition) is 0. The van der Waals surface area contributed by atoms with Crippen LogP contribution in [0.1, 0.15) is 27.3 Å². The number of aromatic nitrogens is 1. The second-order valence-corrected chi connectivity index (χ2v) is 7.44. The molecule has 0 saturated carbocycles. The Labute approximate surface area is 167 Å². The minimum absolute atomic E-state index is 0.308. The molecular weight excluding hydrogens is 379 g/mol. The zero-order valence-electron chi connectivity index (χ0n) is 15.9. The lowest BCUT2D eigenvalue weighted by molar-refractivity contribution is -0.133. The molecule has 0 fully saturated rings. The van der Waals surface area contributed by atoms with E-state index in [0.717, 1.165) is 22.0 Å². The number of carbonyl (C=O) groups is 2. The average molecular weight is 400 g/mol. The van der Waals surface area contributed by atoms with E-state index >= 15 is 0 Å². The summed E-state index contributed by atoms with van der Waals surface area (Å²) in [5.41, 5.74) is 3.26. The van der Waals surface area contributed by atoms with Crippen LogP contribution >= 0.6 is 11.3 Å². The van der Waals surface area contributed by atoms with Gasteiger partial charge < -0.3 is 14.2 Å². The van der Waals surface area contributed by atoms with Crippen molar-refractivity contribution in [3.8, 4) is 5.00 Å². The van der Waals surface area contributed by atoms with Crippen molar-refractivity contribution in [3.63, 3.8) is 0 Å². The van der Waals surface area contributed by atoms with Crippen molar-refractivity contribution in [1.82, 2.24) is 9.47 Å². The normalized spacial score (nSPS) is 10.7. The van der Waals surface area contributed by atoms with Crippen LogP contribution in [0.15, 0.2) is 47.8 Å². The van der Waals surface area contributed by atoms with Gasteiger partial charge in [-0.05, 0) is 55.1 Å². The zero-order valence-corrected chi connectivity index (χ0v) is 16.8. The van der Waals surface area contributed by atoms with Crippen LogP contribution in [0.4, 0.5) is 4.39 Å². The van der Waals surface area contributed by atoms with Gasteiger partial charge in [0.2, 0.25) is 0 Å². The number of aryl methyl sites for hydroxylation is 2. The predicted molar refractivity (Wildman–Crippen MR) is 106 cm³/mol. The molecule has 3 rings (SSSR count). The van der Waals surface area contributed by atoms with E-state index in [2.05, 4.69) is 0 Å². The number of nitrogens with zero attached hydrogens (tertiary/aromatic N) is 2. The smallest absolute Gasteiger partial charge is 0.341 e. The Hall–Kier alpha value is -2.93. The highest BCUT2D eigenvalue weighted by Crippen LogP contribution is 2.26. The lowest BCUT2D eigenvalue weighted by Gasteiger charge is -2.17. The first-order chi connectivity index (χ1) is 13.4. The van der Waals surface area contributed by atoms with E-state index < -0.39 is 5.97 Å². The van der Waals surface area contributed by atoms with Crippen LogP contribution in [0, 0.1) is 19.7 Å². The molecule has 0 aliphatic heterocycles. The standard InChI is InChI=1S/C21H21FN2O3S/c1-14-4-5-15(2)24(14)20-18(10-11-28-20)21(26)27-13-19(25)23(3)12-16-6-8-17(22)9-7-16/h4-11H,12-13H2,1-3H3. The summed E-state index contributed by atoms with van der Waals surface area (Å²) < 4.78 is 20.2. The third kappa shape index (κ3) is 4.31. The molecular formula is C21H21FN2O3S. The number of ether oxygens (including phenoxy) is 1. The Kier molecular flexibility index (Phi) is 5.94. The predicted octanol–water partition coefficient (Wildman–Crippen LogP) is 4.11. The minimum Gasteiger partial charge on any atom is -0.452 e. The van der Waals surface area contributed by atoms with Gasteiger partial charge in [0.25, 0.3) is 5.91 Å². The van der Waals surface area contributed by atoms with Gasteiger partial charge in [0, 0.05) is 25.0 Å². The summed E-state index contributed by atoms with van der Waals surface area (Å²) in [5, 5.41) is 2.60. The molecule has 1 amide bonds. The van der Waals surface area contributed by atoms with Crippen LogP contribution in [0.25, 0.3) is 5.00 Å². The molecule has 0 aliphatic carbocycles. The van der Waals surface area contributed by atoms with Gasteiger partial charge >= 0.3 is 5.97 Å².